The summed E-state index contributed by atoms with van der Waals surface area (Å²) < 4.78 is 23.2. The number of anilines is 1. The van der Waals surface area contributed by atoms with Crippen molar-refractivity contribution in [1.82, 2.24) is 4.90 Å². The van der Waals surface area contributed by atoms with Crippen LogP contribution in [0.1, 0.15) is 34.3 Å². The van der Waals surface area contributed by atoms with Crippen molar-refractivity contribution in [1.29, 1.82) is 0 Å². The zero-order valence-corrected chi connectivity index (χ0v) is 20.6. The fourth-order valence-corrected chi connectivity index (χ4v) is 5.18. The van der Waals surface area contributed by atoms with E-state index in [9.17, 15) is 9.59 Å². The van der Waals surface area contributed by atoms with E-state index in [4.69, 9.17) is 18.9 Å². The third kappa shape index (κ3) is 4.03. The van der Waals surface area contributed by atoms with E-state index >= 15 is 0 Å². The molecule has 0 aliphatic carbocycles. The summed E-state index contributed by atoms with van der Waals surface area (Å²) in [5, 5.41) is 2.86. The number of fused-ring (bicyclic) bond motifs is 2. The first-order valence-electron chi connectivity index (χ1n) is 11.2. The van der Waals surface area contributed by atoms with Crippen LogP contribution in [0.15, 0.2) is 34.4 Å². The van der Waals surface area contributed by atoms with Gasteiger partial charge >= 0.3 is 0 Å². The van der Waals surface area contributed by atoms with E-state index < -0.39 is 6.10 Å². The van der Waals surface area contributed by atoms with Gasteiger partial charge in [0.15, 0.2) is 11.5 Å². The molecule has 1 fully saturated rings. The number of ether oxygens (including phenoxy) is 4. The first-order chi connectivity index (χ1) is 16.5. The molecular formula is C25H25BrN2O6. The van der Waals surface area contributed by atoms with Gasteiger partial charge in [-0.25, -0.2) is 0 Å². The Bertz CT molecular complexity index is 1170. The lowest BCUT2D eigenvalue weighted by molar-refractivity contribution is -0.124. The van der Waals surface area contributed by atoms with Crippen molar-refractivity contribution in [2.24, 2.45) is 0 Å². The molecule has 2 aromatic rings. The first kappa shape index (κ1) is 22.7. The number of ketones is 1. The highest BCUT2D eigenvalue weighted by Crippen LogP contribution is 2.51. The molecule has 0 spiro atoms. The van der Waals surface area contributed by atoms with E-state index in [0.29, 0.717) is 53.8 Å². The first-order valence-corrected chi connectivity index (χ1v) is 11.9. The van der Waals surface area contributed by atoms with Gasteiger partial charge < -0.3 is 29.2 Å². The molecule has 9 heteroatoms. The summed E-state index contributed by atoms with van der Waals surface area (Å²) in [4.78, 5) is 27.7. The zero-order chi connectivity index (χ0) is 23.8. The van der Waals surface area contributed by atoms with Crippen LogP contribution in [0.4, 0.5) is 5.69 Å². The smallest absolute Gasteiger partial charge is 0.253 e. The number of allylic oxidation sites excluding steroid dienone is 1. The van der Waals surface area contributed by atoms with Gasteiger partial charge in [0.05, 0.1) is 17.3 Å². The number of Topliss-reactive ketones (excluding diaryl/α,β-unsaturated/α-hetero) is 1. The van der Waals surface area contributed by atoms with E-state index in [2.05, 4.69) is 21.2 Å². The average molecular weight is 529 g/mol. The molecule has 34 heavy (non-hydrogen) atoms. The fourth-order valence-electron chi connectivity index (χ4n) is 4.47. The standard InChI is InChI=1S/C25H25BrN2O6/c1-28-10-9-16-17(22(31-2)24-23(20(16)26)33-13-34-24)12-18(28)21(29)14-5-7-15(8-6-14)27-25(30)19-4-3-11-32-19/h5-8,12,19H,3-4,9-11,13H2,1-2H3,(H,27,30)/t19-/m1/s1. The van der Waals surface area contributed by atoms with Crippen LogP contribution < -0.4 is 19.5 Å². The van der Waals surface area contributed by atoms with E-state index in [1.54, 1.807) is 31.4 Å². The van der Waals surface area contributed by atoms with E-state index in [0.717, 1.165) is 28.4 Å². The molecule has 3 heterocycles. The van der Waals surface area contributed by atoms with Crippen molar-refractivity contribution in [3.8, 4) is 17.2 Å². The molecule has 1 atom stereocenters. The molecular weight excluding hydrogens is 504 g/mol. The van der Waals surface area contributed by atoms with Crippen LogP contribution in [-0.4, -0.2) is 56.8 Å². The number of methoxy groups -OCH3 is 1. The quantitative estimate of drug-likeness (QED) is 0.586. The Hall–Kier alpha value is -3.04. The van der Waals surface area contributed by atoms with Gasteiger partial charge in [0.2, 0.25) is 18.3 Å². The Labute approximate surface area is 205 Å². The molecule has 1 saturated heterocycles. The van der Waals surface area contributed by atoms with Crippen LogP contribution in [0, 0.1) is 0 Å². The highest BCUT2D eigenvalue weighted by molar-refractivity contribution is 9.10. The maximum absolute atomic E-state index is 13.5. The number of nitrogens with zero attached hydrogens (tertiary/aromatic N) is 1. The average Bonchev–Trinajstić information content (AvgIpc) is 3.52. The summed E-state index contributed by atoms with van der Waals surface area (Å²) in [5.74, 6) is 1.44. The summed E-state index contributed by atoms with van der Waals surface area (Å²) in [7, 11) is 3.48. The molecule has 178 valence electrons. The minimum absolute atomic E-state index is 0.122. The molecule has 0 bridgehead atoms. The molecule has 2 aromatic carbocycles. The van der Waals surface area contributed by atoms with Crippen molar-refractivity contribution in [2.45, 2.75) is 25.4 Å². The highest BCUT2D eigenvalue weighted by atomic mass is 79.9. The normalized spacial score (nSPS) is 18.7. The monoisotopic (exact) mass is 528 g/mol. The Balaban J connectivity index is 1.44. The van der Waals surface area contributed by atoms with Crippen molar-refractivity contribution in [3.05, 3.63) is 51.1 Å². The third-order valence-corrected chi connectivity index (χ3v) is 7.15. The van der Waals surface area contributed by atoms with Crippen molar-refractivity contribution >= 4 is 39.4 Å². The molecule has 3 aliphatic heterocycles. The summed E-state index contributed by atoms with van der Waals surface area (Å²) in [6.07, 6.45) is 3.76. The predicted molar refractivity (Wildman–Crippen MR) is 130 cm³/mol. The molecule has 3 aliphatic rings. The number of halogens is 1. The number of hydrogen-bond donors (Lipinski definition) is 1. The summed E-state index contributed by atoms with van der Waals surface area (Å²) in [6.45, 7) is 1.38. The molecule has 0 radical (unpaired) electrons. The second-order valence-corrected chi connectivity index (χ2v) is 9.20. The Morgan fingerprint density at radius 3 is 2.65 bits per heavy atom. The van der Waals surface area contributed by atoms with Gasteiger partial charge in [-0.1, -0.05) is 0 Å². The van der Waals surface area contributed by atoms with Crippen LogP contribution >= 0.6 is 15.9 Å². The van der Waals surface area contributed by atoms with Gasteiger partial charge in [-0.15, -0.1) is 0 Å². The second kappa shape index (κ2) is 9.31. The second-order valence-electron chi connectivity index (χ2n) is 8.40. The lowest BCUT2D eigenvalue weighted by Gasteiger charge is -2.20. The molecule has 5 rings (SSSR count). The Morgan fingerprint density at radius 1 is 1.18 bits per heavy atom. The van der Waals surface area contributed by atoms with Gasteiger partial charge in [-0.05, 0) is 71.1 Å². The summed E-state index contributed by atoms with van der Waals surface area (Å²) in [6, 6.07) is 6.92. The molecule has 8 nitrogen and oxygen atoms in total. The topological polar surface area (TPSA) is 86.3 Å². The number of amides is 1. The van der Waals surface area contributed by atoms with Crippen LogP contribution in [0.3, 0.4) is 0 Å². The number of likely N-dealkylation sites (N-methyl/N-ethyl adjacent to an activating group) is 1. The largest absolute Gasteiger partial charge is 0.492 e. The van der Waals surface area contributed by atoms with Gasteiger partial charge in [0.1, 0.15) is 6.10 Å². The van der Waals surface area contributed by atoms with Crippen LogP contribution in [-0.2, 0) is 16.0 Å². The van der Waals surface area contributed by atoms with Crippen LogP contribution in [0.5, 0.6) is 17.2 Å². The van der Waals surface area contributed by atoms with E-state index in [-0.39, 0.29) is 18.5 Å². The Kier molecular flexibility index (Phi) is 6.22. The summed E-state index contributed by atoms with van der Waals surface area (Å²) in [5.41, 5.74) is 3.49. The van der Waals surface area contributed by atoms with Crippen molar-refractivity contribution in [2.75, 3.05) is 39.4 Å². The molecule has 1 amide bonds. The number of benzene rings is 2. The molecule has 0 saturated carbocycles. The Morgan fingerprint density at radius 2 is 1.94 bits per heavy atom. The maximum atomic E-state index is 13.5. The molecule has 0 unspecified atom stereocenters. The number of carbonyl (C=O) groups excluding carboxylic acids is 2. The lowest BCUT2D eigenvalue weighted by Crippen LogP contribution is -2.27. The number of nitrogens with one attached hydrogen (secondary N) is 1. The lowest BCUT2D eigenvalue weighted by atomic mass is 10.0. The van der Waals surface area contributed by atoms with Crippen LogP contribution in [0.25, 0.3) is 6.08 Å². The zero-order valence-electron chi connectivity index (χ0n) is 19.0. The van der Waals surface area contributed by atoms with E-state index in [1.165, 1.54) is 0 Å². The van der Waals surface area contributed by atoms with Gasteiger partial charge in [0.25, 0.3) is 5.91 Å². The van der Waals surface area contributed by atoms with Crippen molar-refractivity contribution in [3.63, 3.8) is 0 Å². The summed E-state index contributed by atoms with van der Waals surface area (Å²) >= 11 is 3.65. The SMILES string of the molecule is COc1c2c(c(Br)c3c1OCO3)CCN(C)C(C(=O)c1ccc(NC(=O)[C@H]3CCCO3)cc1)=C2. The minimum Gasteiger partial charge on any atom is -0.492 e. The van der Waals surface area contributed by atoms with Gasteiger partial charge in [0, 0.05) is 37.0 Å². The highest BCUT2D eigenvalue weighted by Gasteiger charge is 2.31. The third-order valence-electron chi connectivity index (χ3n) is 6.32. The number of hydrogen-bond acceptors (Lipinski definition) is 7. The van der Waals surface area contributed by atoms with Gasteiger partial charge in [-0.3, -0.25) is 9.59 Å². The minimum atomic E-state index is -0.406. The van der Waals surface area contributed by atoms with E-state index in [1.807, 2.05) is 18.0 Å². The number of rotatable bonds is 5. The predicted octanol–water partition coefficient (Wildman–Crippen LogP) is 4.02. The van der Waals surface area contributed by atoms with Gasteiger partial charge in [-0.2, -0.15) is 0 Å². The molecule has 0 aromatic heterocycles. The van der Waals surface area contributed by atoms with Crippen molar-refractivity contribution < 1.29 is 28.5 Å². The number of carbonyl (C=O) groups is 2. The molecule has 1 N–H and O–H groups in total. The maximum Gasteiger partial charge on any atom is 0.253 e. The fraction of sp³-hybridized carbons (Fsp3) is 0.360. The van der Waals surface area contributed by atoms with Crippen LogP contribution in [0.2, 0.25) is 0 Å².